The van der Waals surface area contributed by atoms with Crippen LogP contribution in [0, 0.1) is 16.0 Å². The second kappa shape index (κ2) is 7.67. The summed E-state index contributed by atoms with van der Waals surface area (Å²) in [5.41, 5.74) is -0.490. The molecule has 8 nitrogen and oxygen atoms in total. The molecular weight excluding hydrogens is 294 g/mol. The van der Waals surface area contributed by atoms with Gasteiger partial charge in [-0.2, -0.15) is 0 Å². The molecule has 0 fully saturated rings. The fourth-order valence-electron chi connectivity index (χ4n) is 1.74. The van der Waals surface area contributed by atoms with E-state index in [-0.39, 0.29) is 23.1 Å². The maximum atomic E-state index is 11.7. The predicted octanol–water partition coefficient (Wildman–Crippen LogP) is 1.14. The number of esters is 2. The highest BCUT2D eigenvalue weighted by molar-refractivity contribution is 6.06. The van der Waals surface area contributed by atoms with Crippen LogP contribution in [0.3, 0.4) is 0 Å². The number of hydrogen-bond donors (Lipinski definition) is 0. The van der Waals surface area contributed by atoms with Gasteiger partial charge in [-0.1, -0.05) is 12.1 Å². The Bertz CT molecular complexity index is 620. The summed E-state index contributed by atoms with van der Waals surface area (Å²) in [5, 5.41) is 10.9. The standard InChI is InChI=1S/C14H13NO7/c1-21-13(17)12(14(18)22-2)10(8-16)7-9-5-3-4-6-11(9)15(19)20/h3-8,12H,1-2H3/b10-7-. The fourth-order valence-corrected chi connectivity index (χ4v) is 1.74. The molecule has 0 bridgehead atoms. The van der Waals surface area contributed by atoms with E-state index in [2.05, 4.69) is 9.47 Å². The molecule has 116 valence electrons. The Morgan fingerprint density at radius 2 is 1.73 bits per heavy atom. The summed E-state index contributed by atoms with van der Waals surface area (Å²) in [5.74, 6) is -3.60. The van der Waals surface area contributed by atoms with Crippen molar-refractivity contribution in [1.29, 1.82) is 0 Å². The molecule has 1 aromatic carbocycles. The Labute approximate surface area is 125 Å². The highest BCUT2D eigenvalue weighted by atomic mass is 16.6. The maximum absolute atomic E-state index is 11.7. The molecular formula is C14H13NO7. The van der Waals surface area contributed by atoms with Crippen molar-refractivity contribution in [3.8, 4) is 0 Å². The second-order valence-corrected chi connectivity index (χ2v) is 4.06. The number of ether oxygens (including phenoxy) is 2. The number of carbonyl (C=O) groups excluding carboxylic acids is 3. The van der Waals surface area contributed by atoms with E-state index in [1.54, 1.807) is 0 Å². The van der Waals surface area contributed by atoms with Crippen LogP contribution in [-0.2, 0) is 23.9 Å². The number of hydrogen-bond acceptors (Lipinski definition) is 7. The molecule has 8 heteroatoms. The summed E-state index contributed by atoms with van der Waals surface area (Å²) >= 11 is 0. The summed E-state index contributed by atoms with van der Waals surface area (Å²) in [7, 11) is 2.09. The van der Waals surface area contributed by atoms with Crippen LogP contribution in [0.5, 0.6) is 0 Å². The quantitative estimate of drug-likeness (QED) is 0.193. The van der Waals surface area contributed by atoms with Crippen molar-refractivity contribution >= 4 is 30.0 Å². The van der Waals surface area contributed by atoms with Crippen LogP contribution in [0.4, 0.5) is 5.69 Å². The molecule has 22 heavy (non-hydrogen) atoms. The van der Waals surface area contributed by atoms with Gasteiger partial charge in [0.25, 0.3) is 5.69 Å². The zero-order valence-electron chi connectivity index (χ0n) is 11.8. The van der Waals surface area contributed by atoms with Crippen molar-refractivity contribution in [3.63, 3.8) is 0 Å². The van der Waals surface area contributed by atoms with Crippen LogP contribution >= 0.6 is 0 Å². The Morgan fingerprint density at radius 1 is 1.18 bits per heavy atom. The Kier molecular flexibility index (Phi) is 5.94. The van der Waals surface area contributed by atoms with Crippen molar-refractivity contribution in [3.05, 3.63) is 45.5 Å². The molecule has 0 aliphatic carbocycles. The molecule has 0 heterocycles. The van der Waals surface area contributed by atoms with Gasteiger partial charge in [-0.15, -0.1) is 0 Å². The molecule has 0 unspecified atom stereocenters. The molecule has 0 spiro atoms. The highest BCUT2D eigenvalue weighted by Gasteiger charge is 2.33. The first-order valence-corrected chi connectivity index (χ1v) is 6.02. The number of carbonyl (C=O) groups is 3. The second-order valence-electron chi connectivity index (χ2n) is 4.06. The number of methoxy groups -OCH3 is 2. The third kappa shape index (κ3) is 3.75. The Morgan fingerprint density at radius 3 is 2.18 bits per heavy atom. The minimum Gasteiger partial charge on any atom is -0.468 e. The lowest BCUT2D eigenvalue weighted by molar-refractivity contribution is -0.385. The first-order chi connectivity index (χ1) is 10.5. The lowest BCUT2D eigenvalue weighted by Crippen LogP contribution is -2.28. The zero-order valence-corrected chi connectivity index (χ0v) is 11.8. The smallest absolute Gasteiger partial charge is 0.324 e. The summed E-state index contributed by atoms with van der Waals surface area (Å²) in [6.07, 6.45) is 1.35. The lowest BCUT2D eigenvalue weighted by atomic mass is 9.97. The van der Waals surface area contributed by atoms with Crippen LogP contribution in [-0.4, -0.2) is 37.4 Å². The summed E-state index contributed by atoms with van der Waals surface area (Å²) < 4.78 is 8.92. The van der Waals surface area contributed by atoms with Gasteiger partial charge in [0.15, 0.2) is 5.92 Å². The summed E-state index contributed by atoms with van der Waals surface area (Å²) in [6, 6.07) is 5.59. The van der Waals surface area contributed by atoms with Crippen LogP contribution in [0.1, 0.15) is 5.56 Å². The van der Waals surface area contributed by atoms with Gasteiger partial charge in [0.1, 0.15) is 6.29 Å². The highest BCUT2D eigenvalue weighted by Crippen LogP contribution is 2.23. The van der Waals surface area contributed by atoms with Crippen molar-refractivity contribution in [1.82, 2.24) is 0 Å². The SMILES string of the molecule is COC(=O)C(C(=O)OC)/C(C=O)=C\c1ccccc1[N+](=O)[O-]. The summed E-state index contributed by atoms with van der Waals surface area (Å²) in [6.45, 7) is 0. The van der Waals surface area contributed by atoms with Gasteiger partial charge in [-0.3, -0.25) is 24.5 Å². The van der Waals surface area contributed by atoms with Crippen molar-refractivity contribution in [2.45, 2.75) is 0 Å². The third-order valence-corrected chi connectivity index (χ3v) is 2.80. The molecule has 0 aliphatic heterocycles. The van der Waals surface area contributed by atoms with Gasteiger partial charge in [-0.05, 0) is 12.1 Å². The maximum Gasteiger partial charge on any atom is 0.324 e. The van der Waals surface area contributed by atoms with E-state index in [0.29, 0.717) is 0 Å². The molecule has 0 saturated heterocycles. The number of nitrogens with zero attached hydrogens (tertiary/aromatic N) is 1. The molecule has 0 radical (unpaired) electrons. The number of aldehydes is 1. The van der Waals surface area contributed by atoms with Gasteiger partial charge in [0, 0.05) is 11.6 Å². The van der Waals surface area contributed by atoms with Crippen molar-refractivity contribution in [2.75, 3.05) is 14.2 Å². The topological polar surface area (TPSA) is 113 Å². The normalized spacial score (nSPS) is 11.0. The molecule has 0 atom stereocenters. The molecule has 0 saturated carbocycles. The van der Waals surface area contributed by atoms with Crippen LogP contribution < -0.4 is 0 Å². The van der Waals surface area contributed by atoms with Crippen molar-refractivity contribution in [2.24, 2.45) is 5.92 Å². The number of para-hydroxylation sites is 1. The van der Waals surface area contributed by atoms with Crippen LogP contribution in [0.2, 0.25) is 0 Å². The van der Waals surface area contributed by atoms with Gasteiger partial charge in [0.2, 0.25) is 0 Å². The Hall–Kier alpha value is -3.03. The number of rotatable bonds is 6. The van der Waals surface area contributed by atoms with E-state index >= 15 is 0 Å². The van der Waals surface area contributed by atoms with E-state index in [9.17, 15) is 24.5 Å². The minimum atomic E-state index is -1.60. The van der Waals surface area contributed by atoms with Gasteiger partial charge in [-0.25, -0.2) is 0 Å². The zero-order chi connectivity index (χ0) is 16.7. The first-order valence-electron chi connectivity index (χ1n) is 6.02. The van der Waals surface area contributed by atoms with E-state index in [1.165, 1.54) is 24.3 Å². The van der Waals surface area contributed by atoms with E-state index < -0.39 is 22.8 Å². The minimum absolute atomic E-state index is 0.0763. The van der Waals surface area contributed by atoms with Gasteiger partial charge >= 0.3 is 11.9 Å². The summed E-state index contributed by atoms with van der Waals surface area (Å²) in [4.78, 5) is 44.9. The fraction of sp³-hybridized carbons (Fsp3) is 0.214. The predicted molar refractivity (Wildman–Crippen MR) is 74.7 cm³/mol. The monoisotopic (exact) mass is 307 g/mol. The van der Waals surface area contributed by atoms with Crippen LogP contribution in [0.15, 0.2) is 29.8 Å². The Balaban J connectivity index is 3.40. The van der Waals surface area contributed by atoms with Crippen molar-refractivity contribution < 1.29 is 28.8 Å². The third-order valence-electron chi connectivity index (χ3n) is 2.80. The molecule has 1 aromatic rings. The van der Waals surface area contributed by atoms with Gasteiger partial charge in [0.05, 0.1) is 24.7 Å². The number of nitro benzene ring substituents is 1. The number of benzene rings is 1. The first kappa shape index (κ1) is 17.0. The van der Waals surface area contributed by atoms with Crippen LogP contribution in [0.25, 0.3) is 6.08 Å². The average Bonchev–Trinajstić information content (AvgIpc) is 2.53. The van der Waals surface area contributed by atoms with E-state index in [4.69, 9.17) is 0 Å². The van der Waals surface area contributed by atoms with Gasteiger partial charge < -0.3 is 9.47 Å². The molecule has 0 N–H and O–H groups in total. The van der Waals surface area contributed by atoms with E-state index in [0.717, 1.165) is 20.3 Å². The molecule has 0 aromatic heterocycles. The largest absolute Gasteiger partial charge is 0.468 e. The molecule has 0 amide bonds. The average molecular weight is 307 g/mol. The molecule has 0 aliphatic rings. The lowest BCUT2D eigenvalue weighted by Gasteiger charge is -2.12. The van der Waals surface area contributed by atoms with E-state index in [1.807, 2.05) is 0 Å². The number of nitro groups is 1. The molecule has 1 rings (SSSR count).